The Morgan fingerprint density at radius 1 is 1.16 bits per heavy atom. The molecule has 0 amide bonds. The molecule has 0 aliphatic rings. The summed E-state index contributed by atoms with van der Waals surface area (Å²) >= 11 is 3.44. The summed E-state index contributed by atoms with van der Waals surface area (Å²) in [7, 11) is 0. The summed E-state index contributed by atoms with van der Waals surface area (Å²) in [6.45, 7) is 4.82. The van der Waals surface area contributed by atoms with Crippen molar-refractivity contribution in [2.24, 2.45) is 0 Å². The van der Waals surface area contributed by atoms with Crippen LogP contribution in [-0.2, 0) is 6.54 Å². The Labute approximate surface area is 122 Å². The highest BCUT2D eigenvalue weighted by molar-refractivity contribution is 9.10. The molecular weight excluding hydrogens is 305 g/mol. The second kappa shape index (κ2) is 6.31. The molecule has 2 aromatic rings. The molecule has 0 unspecified atom stereocenters. The number of rotatable bonds is 4. The van der Waals surface area contributed by atoms with Crippen LogP contribution in [0.4, 0.5) is 4.39 Å². The number of nitrogens with one attached hydrogen (secondary N) is 1. The zero-order valence-electron chi connectivity index (χ0n) is 11.1. The van der Waals surface area contributed by atoms with Gasteiger partial charge in [0.25, 0.3) is 0 Å². The molecule has 0 radical (unpaired) electrons. The molecule has 1 nitrogen and oxygen atoms in total. The van der Waals surface area contributed by atoms with Gasteiger partial charge in [-0.2, -0.15) is 0 Å². The average Bonchev–Trinajstić information content (AvgIpc) is 2.40. The van der Waals surface area contributed by atoms with Crippen molar-refractivity contribution in [1.29, 1.82) is 0 Å². The number of hydrogen-bond donors (Lipinski definition) is 1. The van der Waals surface area contributed by atoms with Crippen LogP contribution in [0, 0.1) is 12.7 Å². The second-order valence-corrected chi connectivity index (χ2v) is 5.60. The molecule has 0 heterocycles. The number of aryl methyl sites for hydroxylation is 1. The maximum atomic E-state index is 13.2. The first-order chi connectivity index (χ1) is 9.06. The van der Waals surface area contributed by atoms with Crippen molar-refractivity contribution in [1.82, 2.24) is 5.32 Å². The first-order valence-corrected chi connectivity index (χ1v) is 7.09. The van der Waals surface area contributed by atoms with E-state index in [-0.39, 0.29) is 11.9 Å². The van der Waals surface area contributed by atoms with Gasteiger partial charge in [-0.15, -0.1) is 0 Å². The van der Waals surface area contributed by atoms with Crippen LogP contribution in [0.1, 0.15) is 29.7 Å². The summed E-state index contributed by atoms with van der Waals surface area (Å²) < 4.78 is 14.1. The van der Waals surface area contributed by atoms with E-state index in [4.69, 9.17) is 0 Å². The molecule has 0 saturated carbocycles. The standard InChI is InChI=1S/C16H17BrFN/c1-11-3-5-13(6-4-11)12(2)19-10-14-9-15(18)7-8-16(14)17/h3-9,12,19H,10H2,1-2H3/t12-/m1/s1. The lowest BCUT2D eigenvalue weighted by Gasteiger charge is -2.15. The molecule has 0 aliphatic carbocycles. The predicted molar refractivity (Wildman–Crippen MR) is 80.5 cm³/mol. The number of benzene rings is 2. The van der Waals surface area contributed by atoms with E-state index in [0.717, 1.165) is 10.0 Å². The van der Waals surface area contributed by atoms with Crippen LogP contribution in [0.5, 0.6) is 0 Å². The van der Waals surface area contributed by atoms with Crippen LogP contribution >= 0.6 is 15.9 Å². The molecule has 0 aliphatic heterocycles. The maximum absolute atomic E-state index is 13.2. The Balaban J connectivity index is 2.02. The predicted octanol–water partition coefficient (Wildman–Crippen LogP) is 4.75. The van der Waals surface area contributed by atoms with Gasteiger partial charge in [0.05, 0.1) is 0 Å². The van der Waals surface area contributed by atoms with Crippen LogP contribution in [0.3, 0.4) is 0 Å². The third-order valence-corrected chi connectivity index (χ3v) is 3.96. The summed E-state index contributed by atoms with van der Waals surface area (Å²) in [6, 6.07) is 13.4. The third-order valence-electron chi connectivity index (χ3n) is 3.18. The highest BCUT2D eigenvalue weighted by Gasteiger charge is 2.07. The van der Waals surface area contributed by atoms with E-state index >= 15 is 0 Å². The first kappa shape index (κ1) is 14.2. The Kier molecular flexibility index (Phi) is 4.72. The van der Waals surface area contributed by atoms with E-state index in [2.05, 4.69) is 59.4 Å². The SMILES string of the molecule is Cc1ccc([C@@H](C)NCc2cc(F)ccc2Br)cc1. The average molecular weight is 322 g/mol. The van der Waals surface area contributed by atoms with E-state index in [1.54, 1.807) is 12.1 Å². The Morgan fingerprint density at radius 2 is 1.84 bits per heavy atom. The van der Waals surface area contributed by atoms with Gasteiger partial charge in [-0.3, -0.25) is 0 Å². The third kappa shape index (κ3) is 3.88. The first-order valence-electron chi connectivity index (χ1n) is 6.30. The van der Waals surface area contributed by atoms with E-state index in [1.807, 2.05) is 0 Å². The number of hydrogen-bond acceptors (Lipinski definition) is 1. The quantitative estimate of drug-likeness (QED) is 0.857. The van der Waals surface area contributed by atoms with Gasteiger partial charge >= 0.3 is 0 Å². The zero-order chi connectivity index (χ0) is 13.8. The fraction of sp³-hybridized carbons (Fsp3) is 0.250. The summed E-state index contributed by atoms with van der Waals surface area (Å²) in [5.74, 6) is -0.206. The topological polar surface area (TPSA) is 12.0 Å². The van der Waals surface area contributed by atoms with Crippen molar-refractivity contribution in [2.45, 2.75) is 26.4 Å². The zero-order valence-corrected chi connectivity index (χ0v) is 12.7. The minimum Gasteiger partial charge on any atom is -0.306 e. The lowest BCUT2D eigenvalue weighted by atomic mass is 10.1. The molecule has 2 rings (SSSR count). The van der Waals surface area contributed by atoms with E-state index in [1.165, 1.54) is 17.2 Å². The lowest BCUT2D eigenvalue weighted by Crippen LogP contribution is -2.18. The van der Waals surface area contributed by atoms with Crippen LogP contribution in [-0.4, -0.2) is 0 Å². The lowest BCUT2D eigenvalue weighted by molar-refractivity contribution is 0.568. The van der Waals surface area contributed by atoms with Gasteiger partial charge in [-0.1, -0.05) is 45.8 Å². The van der Waals surface area contributed by atoms with Gasteiger partial charge in [-0.05, 0) is 43.2 Å². The van der Waals surface area contributed by atoms with Gasteiger partial charge in [0, 0.05) is 17.1 Å². The van der Waals surface area contributed by atoms with E-state index in [0.29, 0.717) is 6.54 Å². The van der Waals surface area contributed by atoms with Crippen LogP contribution < -0.4 is 5.32 Å². The normalized spacial score (nSPS) is 12.4. The summed E-state index contributed by atoms with van der Waals surface area (Å²) in [5, 5.41) is 3.41. The molecule has 0 aromatic heterocycles. The fourth-order valence-electron chi connectivity index (χ4n) is 1.91. The minimum atomic E-state index is -0.206. The molecule has 2 aromatic carbocycles. The Bertz CT molecular complexity index is 551. The van der Waals surface area contributed by atoms with Crippen LogP contribution in [0.25, 0.3) is 0 Å². The molecule has 0 bridgehead atoms. The molecule has 3 heteroatoms. The van der Waals surface area contributed by atoms with Gasteiger partial charge in [0.15, 0.2) is 0 Å². The van der Waals surface area contributed by atoms with Gasteiger partial charge in [0.1, 0.15) is 5.82 Å². The summed E-state index contributed by atoms with van der Waals surface area (Å²) in [6.07, 6.45) is 0. The molecule has 100 valence electrons. The summed E-state index contributed by atoms with van der Waals surface area (Å²) in [4.78, 5) is 0. The Hall–Kier alpha value is -1.19. The van der Waals surface area contributed by atoms with E-state index < -0.39 is 0 Å². The fourth-order valence-corrected chi connectivity index (χ4v) is 2.30. The van der Waals surface area contributed by atoms with Gasteiger partial charge in [0.2, 0.25) is 0 Å². The Morgan fingerprint density at radius 3 is 2.53 bits per heavy atom. The van der Waals surface area contributed by atoms with Crippen molar-refractivity contribution >= 4 is 15.9 Å². The van der Waals surface area contributed by atoms with Gasteiger partial charge in [-0.25, -0.2) is 4.39 Å². The van der Waals surface area contributed by atoms with Gasteiger partial charge < -0.3 is 5.32 Å². The molecular formula is C16H17BrFN. The van der Waals surface area contributed by atoms with Crippen molar-refractivity contribution in [3.05, 3.63) is 69.4 Å². The molecule has 1 atom stereocenters. The molecule has 0 spiro atoms. The molecule has 1 N–H and O–H groups in total. The second-order valence-electron chi connectivity index (χ2n) is 4.75. The highest BCUT2D eigenvalue weighted by Crippen LogP contribution is 2.19. The maximum Gasteiger partial charge on any atom is 0.123 e. The number of halogens is 2. The smallest absolute Gasteiger partial charge is 0.123 e. The van der Waals surface area contributed by atoms with Crippen LogP contribution in [0.15, 0.2) is 46.9 Å². The largest absolute Gasteiger partial charge is 0.306 e. The van der Waals surface area contributed by atoms with Crippen molar-refractivity contribution in [3.8, 4) is 0 Å². The van der Waals surface area contributed by atoms with Crippen LogP contribution in [0.2, 0.25) is 0 Å². The minimum absolute atomic E-state index is 0.206. The van der Waals surface area contributed by atoms with Crippen molar-refractivity contribution < 1.29 is 4.39 Å². The molecule has 0 fully saturated rings. The van der Waals surface area contributed by atoms with Crippen molar-refractivity contribution in [3.63, 3.8) is 0 Å². The summed E-state index contributed by atoms with van der Waals surface area (Å²) in [5.41, 5.74) is 3.42. The highest BCUT2D eigenvalue weighted by atomic mass is 79.9. The molecule has 0 saturated heterocycles. The van der Waals surface area contributed by atoms with E-state index in [9.17, 15) is 4.39 Å². The monoisotopic (exact) mass is 321 g/mol. The van der Waals surface area contributed by atoms with Crippen molar-refractivity contribution in [2.75, 3.05) is 0 Å². The molecule has 19 heavy (non-hydrogen) atoms.